The number of anilines is 1. The van der Waals surface area contributed by atoms with Crippen LogP contribution in [-0.2, 0) is 7.05 Å². The molecule has 4 nitrogen and oxygen atoms in total. The van der Waals surface area contributed by atoms with Crippen LogP contribution in [0.3, 0.4) is 0 Å². The van der Waals surface area contributed by atoms with Gasteiger partial charge in [0.1, 0.15) is 0 Å². The van der Waals surface area contributed by atoms with E-state index in [1.807, 2.05) is 54.6 Å². The summed E-state index contributed by atoms with van der Waals surface area (Å²) in [7, 11) is 1.93. The molecule has 0 amide bonds. The van der Waals surface area contributed by atoms with Crippen LogP contribution in [0.4, 0.5) is 5.69 Å². The number of fused-ring (bicyclic) bond motifs is 1. The van der Waals surface area contributed by atoms with Crippen molar-refractivity contribution in [1.29, 1.82) is 0 Å². The summed E-state index contributed by atoms with van der Waals surface area (Å²) in [6.07, 6.45) is 5.48. The summed E-state index contributed by atoms with van der Waals surface area (Å²) in [4.78, 5) is 4.24. The second-order valence-electron chi connectivity index (χ2n) is 4.02. The Morgan fingerprint density at radius 1 is 1.18 bits per heavy atom. The predicted octanol–water partition coefficient (Wildman–Crippen LogP) is 2.22. The first-order chi connectivity index (χ1) is 8.25. The molecule has 2 heterocycles. The van der Waals surface area contributed by atoms with E-state index >= 15 is 0 Å². The number of benzene rings is 1. The van der Waals surface area contributed by atoms with Gasteiger partial charge in [-0.05, 0) is 17.7 Å². The number of hydrogen-bond acceptors (Lipinski definition) is 3. The highest BCUT2D eigenvalue weighted by atomic mass is 15.2. The van der Waals surface area contributed by atoms with Crippen LogP contribution in [0.15, 0.2) is 42.9 Å². The third-order valence-electron chi connectivity index (χ3n) is 2.84. The molecule has 0 atom stereocenters. The molecule has 17 heavy (non-hydrogen) atoms. The van der Waals surface area contributed by atoms with E-state index in [2.05, 4.69) is 10.1 Å². The third kappa shape index (κ3) is 1.54. The van der Waals surface area contributed by atoms with E-state index in [0.29, 0.717) is 0 Å². The van der Waals surface area contributed by atoms with Crippen molar-refractivity contribution < 1.29 is 0 Å². The lowest BCUT2D eigenvalue weighted by atomic mass is 10.1. The second-order valence-corrected chi connectivity index (χ2v) is 4.02. The molecule has 1 aromatic carbocycles. The fourth-order valence-electron chi connectivity index (χ4n) is 2.05. The molecule has 0 aliphatic rings. The summed E-state index contributed by atoms with van der Waals surface area (Å²) in [5.74, 6) is 0. The molecule has 2 N–H and O–H groups in total. The predicted molar refractivity (Wildman–Crippen MR) is 68.4 cm³/mol. The van der Waals surface area contributed by atoms with Crippen molar-refractivity contribution in [2.24, 2.45) is 7.05 Å². The number of nitrogens with zero attached hydrogens (tertiary/aromatic N) is 3. The molecule has 3 rings (SSSR count). The average molecular weight is 224 g/mol. The molecule has 0 radical (unpaired) electrons. The van der Waals surface area contributed by atoms with Gasteiger partial charge in [-0.25, -0.2) is 0 Å². The quantitative estimate of drug-likeness (QED) is 0.645. The number of nitrogen functional groups attached to an aromatic ring is 1. The normalized spacial score (nSPS) is 10.9. The van der Waals surface area contributed by atoms with Gasteiger partial charge in [-0.1, -0.05) is 12.1 Å². The largest absolute Gasteiger partial charge is 0.399 e. The van der Waals surface area contributed by atoms with Crippen molar-refractivity contribution in [2.75, 3.05) is 5.73 Å². The Morgan fingerprint density at radius 2 is 2.06 bits per heavy atom. The first kappa shape index (κ1) is 9.84. The Balaban J connectivity index is 2.33. The Bertz CT molecular complexity index is 685. The Hall–Kier alpha value is -2.36. The zero-order valence-corrected chi connectivity index (χ0v) is 9.46. The van der Waals surface area contributed by atoms with Crippen LogP contribution in [-0.4, -0.2) is 14.8 Å². The topological polar surface area (TPSA) is 56.7 Å². The van der Waals surface area contributed by atoms with Gasteiger partial charge in [0.25, 0.3) is 0 Å². The molecule has 4 heteroatoms. The van der Waals surface area contributed by atoms with Crippen molar-refractivity contribution in [2.45, 2.75) is 0 Å². The van der Waals surface area contributed by atoms with Gasteiger partial charge < -0.3 is 5.73 Å². The summed E-state index contributed by atoms with van der Waals surface area (Å²) in [5, 5.41) is 5.28. The summed E-state index contributed by atoms with van der Waals surface area (Å²) >= 11 is 0. The van der Waals surface area contributed by atoms with Crippen molar-refractivity contribution in [3.8, 4) is 11.1 Å². The number of pyridine rings is 1. The summed E-state index contributed by atoms with van der Waals surface area (Å²) in [5.41, 5.74) is 9.75. The second kappa shape index (κ2) is 3.59. The van der Waals surface area contributed by atoms with Crippen LogP contribution in [0.2, 0.25) is 0 Å². The SMILES string of the molecule is Cn1ncc2cncc(-c3cccc(N)c3)c21. The van der Waals surface area contributed by atoms with Gasteiger partial charge in [0.05, 0.1) is 11.7 Å². The van der Waals surface area contributed by atoms with Crippen molar-refractivity contribution in [3.05, 3.63) is 42.9 Å². The molecule has 0 saturated carbocycles. The number of rotatable bonds is 1. The molecule has 3 aromatic rings. The molecule has 0 aliphatic carbocycles. The molecular weight excluding hydrogens is 212 g/mol. The van der Waals surface area contributed by atoms with E-state index in [-0.39, 0.29) is 0 Å². The van der Waals surface area contributed by atoms with Crippen LogP contribution in [0.1, 0.15) is 0 Å². The third-order valence-corrected chi connectivity index (χ3v) is 2.84. The maximum atomic E-state index is 5.81. The van der Waals surface area contributed by atoms with E-state index in [1.54, 1.807) is 0 Å². The van der Waals surface area contributed by atoms with Gasteiger partial charge in [0.15, 0.2) is 0 Å². The average Bonchev–Trinajstić information content (AvgIpc) is 2.71. The summed E-state index contributed by atoms with van der Waals surface area (Å²) in [6.45, 7) is 0. The molecule has 2 aromatic heterocycles. The molecule has 84 valence electrons. The lowest BCUT2D eigenvalue weighted by Crippen LogP contribution is -1.93. The lowest BCUT2D eigenvalue weighted by molar-refractivity contribution is 0.797. The van der Waals surface area contributed by atoms with Crippen molar-refractivity contribution in [3.63, 3.8) is 0 Å². The molecule has 0 saturated heterocycles. The van der Waals surface area contributed by atoms with E-state index < -0.39 is 0 Å². The van der Waals surface area contributed by atoms with Gasteiger partial charge in [0, 0.05) is 36.1 Å². The van der Waals surface area contributed by atoms with E-state index in [4.69, 9.17) is 5.73 Å². The molecule has 0 fully saturated rings. The van der Waals surface area contributed by atoms with Gasteiger partial charge in [-0.15, -0.1) is 0 Å². The van der Waals surface area contributed by atoms with Gasteiger partial charge in [0.2, 0.25) is 0 Å². The number of aryl methyl sites for hydroxylation is 1. The molecule has 0 unspecified atom stereocenters. The first-order valence-corrected chi connectivity index (χ1v) is 5.37. The standard InChI is InChI=1S/C13H12N4/c1-17-13-10(7-16-17)6-15-8-12(13)9-3-2-4-11(14)5-9/h2-8H,14H2,1H3. The van der Waals surface area contributed by atoms with E-state index in [9.17, 15) is 0 Å². The minimum atomic E-state index is 0.752. The lowest BCUT2D eigenvalue weighted by Gasteiger charge is -2.05. The monoisotopic (exact) mass is 224 g/mol. The van der Waals surface area contributed by atoms with Crippen LogP contribution in [0.5, 0.6) is 0 Å². The van der Waals surface area contributed by atoms with Gasteiger partial charge in [-0.2, -0.15) is 5.10 Å². The fourth-order valence-corrected chi connectivity index (χ4v) is 2.05. The van der Waals surface area contributed by atoms with E-state index in [1.165, 1.54) is 0 Å². The number of hydrogen-bond donors (Lipinski definition) is 1. The first-order valence-electron chi connectivity index (χ1n) is 5.37. The zero-order chi connectivity index (χ0) is 11.8. The van der Waals surface area contributed by atoms with Crippen LogP contribution >= 0.6 is 0 Å². The maximum absolute atomic E-state index is 5.81. The smallest absolute Gasteiger partial charge is 0.0788 e. The van der Waals surface area contributed by atoms with Crippen LogP contribution in [0.25, 0.3) is 22.0 Å². The molecule has 0 spiro atoms. The van der Waals surface area contributed by atoms with E-state index in [0.717, 1.165) is 27.7 Å². The Labute approximate surface area is 98.7 Å². The molecule has 0 bridgehead atoms. The summed E-state index contributed by atoms with van der Waals surface area (Å²) in [6, 6.07) is 7.80. The minimum Gasteiger partial charge on any atom is -0.399 e. The number of aromatic nitrogens is 3. The minimum absolute atomic E-state index is 0.752. The van der Waals surface area contributed by atoms with Gasteiger partial charge >= 0.3 is 0 Å². The summed E-state index contributed by atoms with van der Waals surface area (Å²) < 4.78 is 1.86. The van der Waals surface area contributed by atoms with Gasteiger partial charge in [-0.3, -0.25) is 9.67 Å². The van der Waals surface area contributed by atoms with Crippen LogP contribution < -0.4 is 5.73 Å². The Kier molecular flexibility index (Phi) is 2.08. The van der Waals surface area contributed by atoms with Crippen molar-refractivity contribution in [1.82, 2.24) is 14.8 Å². The molecule has 0 aliphatic heterocycles. The fraction of sp³-hybridized carbons (Fsp3) is 0.0769. The maximum Gasteiger partial charge on any atom is 0.0788 e. The van der Waals surface area contributed by atoms with Crippen LogP contribution in [0, 0.1) is 0 Å². The highest BCUT2D eigenvalue weighted by Crippen LogP contribution is 2.27. The highest BCUT2D eigenvalue weighted by molar-refractivity contribution is 5.93. The zero-order valence-electron chi connectivity index (χ0n) is 9.46. The Morgan fingerprint density at radius 3 is 2.88 bits per heavy atom. The highest BCUT2D eigenvalue weighted by Gasteiger charge is 2.08. The number of nitrogens with two attached hydrogens (primary N) is 1. The molecular formula is C13H12N4. The van der Waals surface area contributed by atoms with Crippen molar-refractivity contribution >= 4 is 16.6 Å².